The Kier molecular flexibility index (Phi) is 9.73. The van der Waals surface area contributed by atoms with Crippen molar-refractivity contribution >= 4 is 11.9 Å². The fourth-order valence-electron chi connectivity index (χ4n) is 2.76. The van der Waals surface area contributed by atoms with Crippen molar-refractivity contribution in [2.24, 2.45) is 5.92 Å². The molecule has 1 unspecified atom stereocenters. The molecule has 1 aromatic carbocycles. The summed E-state index contributed by atoms with van der Waals surface area (Å²) >= 11 is 0. The van der Waals surface area contributed by atoms with E-state index < -0.39 is 0 Å². The van der Waals surface area contributed by atoms with Crippen LogP contribution in [0.15, 0.2) is 24.3 Å². The maximum Gasteiger partial charge on any atom is 0.310 e. The van der Waals surface area contributed by atoms with Crippen molar-refractivity contribution in [3.05, 3.63) is 29.8 Å². The van der Waals surface area contributed by atoms with E-state index in [1.807, 2.05) is 24.3 Å². The first-order chi connectivity index (χ1) is 12.4. The van der Waals surface area contributed by atoms with E-state index in [-0.39, 0.29) is 17.8 Å². The fourth-order valence-corrected chi connectivity index (χ4v) is 2.76. The lowest BCUT2D eigenvalue weighted by Gasteiger charge is -2.28. The number of hydrogen-bond acceptors (Lipinski definition) is 5. The first-order valence-corrected chi connectivity index (χ1v) is 9.15. The van der Waals surface area contributed by atoms with Crippen molar-refractivity contribution in [2.45, 2.75) is 27.2 Å². The number of esters is 1. The molecule has 26 heavy (non-hydrogen) atoms. The van der Waals surface area contributed by atoms with E-state index in [1.165, 1.54) is 7.11 Å². The number of hydrogen-bond donors (Lipinski definition) is 0. The third-order valence-corrected chi connectivity index (χ3v) is 4.55. The predicted molar refractivity (Wildman–Crippen MR) is 102 cm³/mol. The van der Waals surface area contributed by atoms with Crippen molar-refractivity contribution in [3.63, 3.8) is 0 Å². The summed E-state index contributed by atoms with van der Waals surface area (Å²) in [6, 6.07) is 7.48. The van der Waals surface area contributed by atoms with Gasteiger partial charge in [0, 0.05) is 19.6 Å². The summed E-state index contributed by atoms with van der Waals surface area (Å²) in [6.07, 6.45) is 0.302. The zero-order chi connectivity index (χ0) is 19.5. The third-order valence-electron chi connectivity index (χ3n) is 4.55. The van der Waals surface area contributed by atoms with Crippen molar-refractivity contribution in [1.29, 1.82) is 0 Å². The van der Waals surface area contributed by atoms with Gasteiger partial charge in [-0.3, -0.25) is 9.59 Å². The molecule has 0 N–H and O–H groups in total. The maximum atomic E-state index is 12.8. The van der Waals surface area contributed by atoms with Crippen LogP contribution in [0, 0.1) is 5.92 Å². The van der Waals surface area contributed by atoms with Gasteiger partial charge in [0.25, 0.3) is 0 Å². The molecular weight excluding hydrogens is 332 g/mol. The Hall–Kier alpha value is -2.08. The lowest BCUT2D eigenvalue weighted by atomic mass is 10.1. The van der Waals surface area contributed by atoms with E-state index in [1.54, 1.807) is 18.9 Å². The number of amides is 1. The number of carbonyl (C=O) groups is 2. The van der Waals surface area contributed by atoms with Crippen molar-refractivity contribution in [3.8, 4) is 5.75 Å². The number of rotatable bonds is 11. The number of ether oxygens (including phenoxy) is 2. The molecule has 146 valence electrons. The summed E-state index contributed by atoms with van der Waals surface area (Å²) in [5.41, 5.74) is 0.925. The van der Waals surface area contributed by atoms with Crippen LogP contribution >= 0.6 is 0 Å². The first kappa shape index (κ1) is 22.0. The van der Waals surface area contributed by atoms with Crippen LogP contribution in [0.1, 0.15) is 26.3 Å². The zero-order valence-corrected chi connectivity index (χ0v) is 16.7. The van der Waals surface area contributed by atoms with Crippen LogP contribution in [-0.4, -0.2) is 68.6 Å². The van der Waals surface area contributed by atoms with E-state index in [0.29, 0.717) is 19.5 Å². The fraction of sp³-hybridized carbons (Fsp3) is 0.600. The summed E-state index contributed by atoms with van der Waals surface area (Å²) in [7, 11) is 2.99. The Bertz CT molecular complexity index is 555. The molecule has 6 heteroatoms. The second kappa shape index (κ2) is 11.5. The zero-order valence-electron chi connectivity index (χ0n) is 16.7. The highest BCUT2D eigenvalue weighted by molar-refractivity contribution is 5.80. The van der Waals surface area contributed by atoms with Gasteiger partial charge in [0.1, 0.15) is 5.75 Å². The molecule has 0 radical (unpaired) electrons. The molecule has 0 aliphatic heterocycles. The van der Waals surface area contributed by atoms with Gasteiger partial charge in [0.15, 0.2) is 0 Å². The van der Waals surface area contributed by atoms with Gasteiger partial charge in [-0.15, -0.1) is 0 Å². The number of likely N-dealkylation sites (N-methyl/N-ethyl adjacent to an activating group) is 1. The molecule has 0 aliphatic rings. The lowest BCUT2D eigenvalue weighted by Crippen LogP contribution is -2.42. The standard InChI is InChI=1S/C20H32N2O4/c1-6-21(7-2)12-13-22(15-16(3)20(24)26-5)19(23)14-17-8-10-18(25-4)11-9-17/h8-11,16H,6-7,12-15H2,1-5H3. The summed E-state index contributed by atoms with van der Waals surface area (Å²) in [4.78, 5) is 28.6. The van der Waals surface area contributed by atoms with E-state index in [4.69, 9.17) is 9.47 Å². The number of nitrogens with zero attached hydrogens (tertiary/aromatic N) is 2. The minimum absolute atomic E-state index is 0.0121. The van der Waals surface area contributed by atoms with E-state index in [9.17, 15) is 9.59 Å². The Balaban J connectivity index is 2.79. The smallest absolute Gasteiger partial charge is 0.310 e. The highest BCUT2D eigenvalue weighted by Crippen LogP contribution is 2.13. The average Bonchev–Trinajstić information content (AvgIpc) is 2.67. The monoisotopic (exact) mass is 364 g/mol. The molecule has 0 saturated carbocycles. The quantitative estimate of drug-likeness (QED) is 0.564. The Morgan fingerprint density at radius 2 is 1.65 bits per heavy atom. The predicted octanol–water partition coefficient (Wildman–Crippen LogP) is 2.22. The molecule has 1 amide bonds. The van der Waals surface area contributed by atoms with Crippen LogP contribution in [0.2, 0.25) is 0 Å². The molecule has 0 heterocycles. The topological polar surface area (TPSA) is 59.1 Å². The van der Waals surface area contributed by atoms with Gasteiger partial charge < -0.3 is 19.3 Å². The van der Waals surface area contributed by atoms with Gasteiger partial charge in [-0.05, 0) is 30.8 Å². The largest absolute Gasteiger partial charge is 0.497 e. The van der Waals surface area contributed by atoms with Gasteiger partial charge in [0.05, 0.1) is 26.6 Å². The molecule has 1 aromatic rings. The molecule has 0 aromatic heterocycles. The Morgan fingerprint density at radius 3 is 2.15 bits per heavy atom. The highest BCUT2D eigenvalue weighted by atomic mass is 16.5. The van der Waals surface area contributed by atoms with E-state index >= 15 is 0 Å². The van der Waals surface area contributed by atoms with Crippen molar-refractivity contribution < 1.29 is 19.1 Å². The second-order valence-electron chi connectivity index (χ2n) is 6.32. The van der Waals surface area contributed by atoms with Crippen LogP contribution in [-0.2, 0) is 20.7 Å². The maximum absolute atomic E-state index is 12.8. The molecule has 0 bridgehead atoms. The summed E-state index contributed by atoms with van der Waals surface area (Å²) in [6.45, 7) is 9.61. The van der Waals surface area contributed by atoms with Gasteiger partial charge in [0.2, 0.25) is 5.91 Å². The van der Waals surface area contributed by atoms with Gasteiger partial charge >= 0.3 is 5.97 Å². The number of carbonyl (C=O) groups excluding carboxylic acids is 2. The minimum atomic E-state index is -0.350. The molecule has 1 atom stereocenters. The molecule has 0 spiro atoms. The van der Waals surface area contributed by atoms with E-state index in [0.717, 1.165) is 30.9 Å². The Morgan fingerprint density at radius 1 is 1.04 bits per heavy atom. The van der Waals surface area contributed by atoms with Crippen LogP contribution in [0.3, 0.4) is 0 Å². The first-order valence-electron chi connectivity index (χ1n) is 9.15. The molecule has 6 nitrogen and oxygen atoms in total. The van der Waals surface area contributed by atoms with Crippen LogP contribution in [0.5, 0.6) is 5.75 Å². The average molecular weight is 364 g/mol. The van der Waals surface area contributed by atoms with E-state index in [2.05, 4.69) is 18.7 Å². The summed E-state index contributed by atoms with van der Waals surface area (Å²) in [5, 5.41) is 0. The number of methoxy groups -OCH3 is 2. The van der Waals surface area contributed by atoms with Crippen LogP contribution in [0.4, 0.5) is 0 Å². The molecule has 0 aliphatic carbocycles. The van der Waals surface area contributed by atoms with Gasteiger partial charge in [-0.25, -0.2) is 0 Å². The number of benzene rings is 1. The summed E-state index contributed by atoms with van der Waals surface area (Å²) < 4.78 is 9.95. The van der Waals surface area contributed by atoms with Gasteiger partial charge in [-0.2, -0.15) is 0 Å². The molecule has 0 fully saturated rings. The minimum Gasteiger partial charge on any atom is -0.497 e. The Labute approximate surface area is 157 Å². The third kappa shape index (κ3) is 7.04. The summed E-state index contributed by atoms with van der Waals surface area (Å²) in [5.74, 6) is 0.128. The lowest BCUT2D eigenvalue weighted by molar-refractivity contribution is -0.146. The molecular formula is C20H32N2O4. The highest BCUT2D eigenvalue weighted by Gasteiger charge is 2.22. The van der Waals surface area contributed by atoms with Crippen LogP contribution in [0.25, 0.3) is 0 Å². The van der Waals surface area contributed by atoms with Crippen molar-refractivity contribution in [1.82, 2.24) is 9.80 Å². The van der Waals surface area contributed by atoms with Crippen LogP contribution < -0.4 is 4.74 Å². The SMILES string of the molecule is CCN(CC)CCN(CC(C)C(=O)OC)C(=O)Cc1ccc(OC)cc1. The molecule has 1 rings (SSSR count). The van der Waals surface area contributed by atoms with Crippen molar-refractivity contribution in [2.75, 3.05) is 46.9 Å². The normalized spacial score (nSPS) is 11.9. The van der Waals surface area contributed by atoms with Gasteiger partial charge in [-0.1, -0.05) is 32.9 Å². The molecule has 0 saturated heterocycles. The second-order valence-corrected chi connectivity index (χ2v) is 6.32.